The molecule has 0 spiro atoms. The first kappa shape index (κ1) is 15.2. The van der Waals surface area contributed by atoms with Gasteiger partial charge in [0.2, 0.25) is 10.0 Å². The van der Waals surface area contributed by atoms with Crippen LogP contribution in [0.1, 0.15) is 13.3 Å². The minimum Gasteiger partial charge on any atom is -0.316 e. The quantitative estimate of drug-likeness (QED) is 0.922. The van der Waals surface area contributed by atoms with Gasteiger partial charge in [-0.1, -0.05) is 18.5 Å². The van der Waals surface area contributed by atoms with Gasteiger partial charge in [0.15, 0.2) is 0 Å². The van der Waals surface area contributed by atoms with E-state index in [2.05, 4.69) is 5.32 Å². The Morgan fingerprint density at radius 3 is 2.90 bits per heavy atom. The predicted molar refractivity (Wildman–Crippen MR) is 79.2 cm³/mol. The van der Waals surface area contributed by atoms with Gasteiger partial charge in [-0.2, -0.15) is 4.31 Å². The average molecular weight is 333 g/mol. The van der Waals surface area contributed by atoms with Crippen LogP contribution >= 0.6 is 11.6 Å². The van der Waals surface area contributed by atoms with Crippen molar-refractivity contribution in [2.24, 2.45) is 11.8 Å². The molecule has 2 fully saturated rings. The van der Waals surface area contributed by atoms with Gasteiger partial charge in [-0.05, 0) is 49.5 Å². The van der Waals surface area contributed by atoms with Crippen LogP contribution in [0.4, 0.5) is 4.39 Å². The van der Waals surface area contributed by atoms with E-state index in [9.17, 15) is 12.8 Å². The SMILES string of the molecule is CCC1C2CNCC2CN1S(=O)(=O)c1cc(F)ccc1Cl. The fraction of sp³-hybridized carbons (Fsp3) is 0.571. The Bertz CT molecular complexity index is 652. The van der Waals surface area contributed by atoms with E-state index in [1.807, 2.05) is 6.92 Å². The number of halogens is 2. The zero-order chi connectivity index (χ0) is 15.2. The zero-order valence-corrected chi connectivity index (χ0v) is 13.3. The normalized spacial score (nSPS) is 29.8. The Hall–Kier alpha value is -0.690. The second-order valence-corrected chi connectivity index (χ2v) is 7.97. The lowest BCUT2D eigenvalue weighted by Crippen LogP contribution is -2.39. The zero-order valence-electron chi connectivity index (χ0n) is 11.7. The fourth-order valence-electron chi connectivity index (χ4n) is 3.57. The number of sulfonamides is 1. The first-order valence-corrected chi connectivity index (χ1v) is 8.94. The smallest absolute Gasteiger partial charge is 0.244 e. The van der Waals surface area contributed by atoms with E-state index >= 15 is 0 Å². The van der Waals surface area contributed by atoms with Crippen molar-refractivity contribution in [2.45, 2.75) is 24.3 Å². The lowest BCUT2D eigenvalue weighted by molar-refractivity contribution is 0.329. The van der Waals surface area contributed by atoms with E-state index in [-0.39, 0.29) is 16.0 Å². The lowest BCUT2D eigenvalue weighted by Gasteiger charge is -2.26. The minimum absolute atomic E-state index is 0.0469. The third-order valence-corrected chi connectivity index (χ3v) is 6.94. The molecule has 2 aliphatic heterocycles. The fourth-order valence-corrected chi connectivity index (χ4v) is 5.86. The van der Waals surface area contributed by atoms with Crippen molar-refractivity contribution in [3.8, 4) is 0 Å². The van der Waals surface area contributed by atoms with E-state index in [4.69, 9.17) is 11.6 Å². The highest BCUT2D eigenvalue weighted by atomic mass is 35.5. The summed E-state index contributed by atoms with van der Waals surface area (Å²) in [5, 5.41) is 3.38. The van der Waals surface area contributed by atoms with Crippen LogP contribution < -0.4 is 5.32 Å². The highest BCUT2D eigenvalue weighted by molar-refractivity contribution is 7.89. The van der Waals surface area contributed by atoms with Crippen molar-refractivity contribution < 1.29 is 12.8 Å². The molecule has 0 saturated carbocycles. The van der Waals surface area contributed by atoms with E-state index in [1.54, 1.807) is 0 Å². The number of benzene rings is 1. The van der Waals surface area contributed by atoms with Crippen molar-refractivity contribution in [3.63, 3.8) is 0 Å². The van der Waals surface area contributed by atoms with Crippen LogP contribution in [-0.4, -0.2) is 38.4 Å². The highest BCUT2D eigenvalue weighted by Crippen LogP contribution is 2.39. The molecule has 21 heavy (non-hydrogen) atoms. The topological polar surface area (TPSA) is 49.4 Å². The molecule has 1 aromatic rings. The Kier molecular flexibility index (Phi) is 3.98. The largest absolute Gasteiger partial charge is 0.316 e. The summed E-state index contributed by atoms with van der Waals surface area (Å²) in [5.41, 5.74) is 0. The third kappa shape index (κ3) is 2.48. The molecule has 0 radical (unpaired) electrons. The van der Waals surface area contributed by atoms with E-state index in [0.29, 0.717) is 18.4 Å². The summed E-state index contributed by atoms with van der Waals surface area (Å²) < 4.78 is 40.7. The molecule has 4 nitrogen and oxygen atoms in total. The van der Waals surface area contributed by atoms with Crippen LogP contribution in [0.15, 0.2) is 23.1 Å². The molecular weight excluding hydrogens is 315 g/mol. The maximum Gasteiger partial charge on any atom is 0.244 e. The summed E-state index contributed by atoms with van der Waals surface area (Å²) in [5.74, 6) is 0.0706. The standard InChI is InChI=1S/C14H18ClFN2O2S/c1-2-13-11-7-17-6-9(11)8-18(13)21(19,20)14-5-10(16)3-4-12(14)15/h3-5,9,11,13,17H,2,6-8H2,1H3. The Balaban J connectivity index is 2.00. The number of hydrogen-bond acceptors (Lipinski definition) is 3. The van der Waals surface area contributed by atoms with Gasteiger partial charge in [0.25, 0.3) is 0 Å². The van der Waals surface area contributed by atoms with Crippen LogP contribution in [0.3, 0.4) is 0 Å². The molecule has 0 amide bonds. The first-order valence-electron chi connectivity index (χ1n) is 7.12. The Morgan fingerprint density at radius 1 is 1.43 bits per heavy atom. The first-order chi connectivity index (χ1) is 9.95. The molecule has 3 unspecified atom stereocenters. The average Bonchev–Trinajstić information content (AvgIpc) is 3.01. The maximum atomic E-state index is 13.4. The lowest BCUT2D eigenvalue weighted by atomic mass is 9.93. The van der Waals surface area contributed by atoms with Crippen LogP contribution in [0.25, 0.3) is 0 Å². The van der Waals surface area contributed by atoms with Gasteiger partial charge in [-0.3, -0.25) is 0 Å². The van der Waals surface area contributed by atoms with Crippen molar-refractivity contribution in [2.75, 3.05) is 19.6 Å². The Morgan fingerprint density at radius 2 is 2.19 bits per heavy atom. The molecule has 2 saturated heterocycles. The molecule has 0 bridgehead atoms. The van der Waals surface area contributed by atoms with Crippen LogP contribution in [0, 0.1) is 17.7 Å². The predicted octanol–water partition coefficient (Wildman–Crippen LogP) is 2.10. The second-order valence-electron chi connectivity index (χ2n) is 5.71. The number of hydrogen-bond donors (Lipinski definition) is 1. The molecule has 116 valence electrons. The van der Waals surface area contributed by atoms with Crippen LogP contribution in [0.5, 0.6) is 0 Å². The monoisotopic (exact) mass is 332 g/mol. The van der Waals surface area contributed by atoms with Gasteiger partial charge >= 0.3 is 0 Å². The van der Waals surface area contributed by atoms with Gasteiger partial charge < -0.3 is 5.32 Å². The number of rotatable bonds is 3. The molecule has 1 aromatic carbocycles. The number of nitrogens with one attached hydrogen (secondary N) is 1. The summed E-state index contributed by atoms with van der Waals surface area (Å²) in [4.78, 5) is -0.129. The van der Waals surface area contributed by atoms with E-state index < -0.39 is 15.8 Å². The maximum absolute atomic E-state index is 13.4. The van der Waals surface area contributed by atoms with Gasteiger partial charge in [0.05, 0.1) is 5.02 Å². The molecule has 1 N–H and O–H groups in total. The van der Waals surface area contributed by atoms with Crippen molar-refractivity contribution in [1.82, 2.24) is 9.62 Å². The number of nitrogens with zero attached hydrogens (tertiary/aromatic N) is 1. The van der Waals surface area contributed by atoms with Crippen molar-refractivity contribution >= 4 is 21.6 Å². The van der Waals surface area contributed by atoms with Gasteiger partial charge in [-0.25, -0.2) is 12.8 Å². The van der Waals surface area contributed by atoms with Crippen molar-refractivity contribution in [1.29, 1.82) is 0 Å². The molecule has 3 atom stereocenters. The van der Waals surface area contributed by atoms with Gasteiger partial charge in [-0.15, -0.1) is 0 Å². The van der Waals surface area contributed by atoms with Gasteiger partial charge in [0.1, 0.15) is 10.7 Å². The van der Waals surface area contributed by atoms with Crippen LogP contribution in [-0.2, 0) is 10.0 Å². The summed E-state index contributed by atoms with van der Waals surface area (Å²) in [6, 6.07) is 3.43. The Labute approximate surface area is 129 Å². The van der Waals surface area contributed by atoms with E-state index in [1.165, 1.54) is 16.4 Å². The summed E-state index contributed by atoms with van der Waals surface area (Å²) in [6.45, 7) is 4.14. The van der Waals surface area contributed by atoms with Gasteiger partial charge in [0, 0.05) is 12.6 Å². The highest BCUT2D eigenvalue weighted by Gasteiger charge is 2.48. The molecule has 2 heterocycles. The molecule has 7 heteroatoms. The summed E-state index contributed by atoms with van der Waals surface area (Å²) in [7, 11) is -3.76. The second kappa shape index (κ2) is 5.50. The summed E-state index contributed by atoms with van der Waals surface area (Å²) >= 11 is 5.99. The molecule has 2 aliphatic rings. The molecule has 3 rings (SSSR count). The summed E-state index contributed by atoms with van der Waals surface area (Å²) in [6.07, 6.45) is 0.745. The van der Waals surface area contributed by atoms with Crippen molar-refractivity contribution in [3.05, 3.63) is 29.0 Å². The molecule has 0 aliphatic carbocycles. The van der Waals surface area contributed by atoms with Crippen LogP contribution in [0.2, 0.25) is 5.02 Å². The third-order valence-electron chi connectivity index (χ3n) is 4.57. The minimum atomic E-state index is -3.76. The van der Waals surface area contributed by atoms with E-state index in [0.717, 1.165) is 25.6 Å². The number of fused-ring (bicyclic) bond motifs is 1. The molecule has 0 aromatic heterocycles. The molecular formula is C14H18ClFN2O2S.